The van der Waals surface area contributed by atoms with Crippen molar-refractivity contribution in [2.24, 2.45) is 0 Å². The van der Waals surface area contributed by atoms with Crippen LogP contribution in [0.25, 0.3) is 0 Å². The molecular weight excluding hydrogens is 310 g/mol. The molecule has 0 bridgehead atoms. The average molecular weight is 326 g/mol. The normalized spacial score (nSPS) is 13.0. The van der Waals surface area contributed by atoms with E-state index in [4.69, 9.17) is 11.6 Å². The number of rotatable bonds is 6. The van der Waals surface area contributed by atoms with E-state index in [0.29, 0.717) is 16.1 Å². The molecule has 6 heteroatoms. The Morgan fingerprint density at radius 1 is 1.05 bits per heavy atom. The molecule has 0 saturated heterocycles. The molecule has 0 aliphatic carbocycles. The van der Waals surface area contributed by atoms with Crippen LogP contribution in [0.4, 0.5) is 0 Å². The molecule has 0 aliphatic heterocycles. The molecule has 0 aliphatic rings. The van der Waals surface area contributed by atoms with Gasteiger partial charge in [-0.15, -0.1) is 0 Å². The molecule has 0 radical (unpaired) electrons. The Labute approximate surface area is 129 Å². The molecule has 0 heterocycles. The monoisotopic (exact) mass is 325 g/mol. The van der Waals surface area contributed by atoms with Crippen molar-refractivity contribution in [2.45, 2.75) is 11.9 Å². The Balaban J connectivity index is 1.93. The van der Waals surface area contributed by atoms with Gasteiger partial charge in [0.25, 0.3) is 0 Å². The second-order valence-electron chi connectivity index (χ2n) is 4.66. The van der Waals surface area contributed by atoms with Gasteiger partial charge in [-0.25, -0.2) is 13.1 Å². The predicted molar refractivity (Wildman–Crippen MR) is 83.5 cm³/mol. The minimum absolute atomic E-state index is 0.0726. The maximum absolute atomic E-state index is 11.9. The van der Waals surface area contributed by atoms with E-state index >= 15 is 0 Å². The van der Waals surface area contributed by atoms with E-state index in [-0.39, 0.29) is 12.3 Å². The molecule has 0 saturated carbocycles. The van der Waals surface area contributed by atoms with Gasteiger partial charge in [0, 0.05) is 11.6 Å². The zero-order chi connectivity index (χ0) is 15.3. The van der Waals surface area contributed by atoms with Crippen LogP contribution in [0.5, 0.6) is 0 Å². The first-order chi connectivity index (χ1) is 9.96. The first-order valence-corrected chi connectivity index (χ1v) is 8.44. The zero-order valence-corrected chi connectivity index (χ0v) is 12.8. The lowest BCUT2D eigenvalue weighted by Gasteiger charge is -2.13. The third-order valence-corrected chi connectivity index (χ3v) is 4.52. The Hall–Kier alpha value is -1.40. The molecule has 0 amide bonds. The first-order valence-electron chi connectivity index (χ1n) is 6.41. The molecule has 0 aromatic heterocycles. The summed E-state index contributed by atoms with van der Waals surface area (Å²) in [5.41, 5.74) is 1.31. The molecule has 21 heavy (non-hydrogen) atoms. The Morgan fingerprint density at radius 3 is 2.29 bits per heavy atom. The van der Waals surface area contributed by atoms with Crippen molar-refractivity contribution in [2.75, 3.05) is 6.54 Å². The van der Waals surface area contributed by atoms with Gasteiger partial charge in [0.15, 0.2) is 0 Å². The number of benzene rings is 2. The second-order valence-corrected chi connectivity index (χ2v) is 6.90. The van der Waals surface area contributed by atoms with Crippen molar-refractivity contribution in [3.63, 3.8) is 0 Å². The summed E-state index contributed by atoms with van der Waals surface area (Å²) in [6.45, 7) is -0.0726. The molecule has 112 valence electrons. The van der Waals surface area contributed by atoms with Crippen LogP contribution >= 0.6 is 11.6 Å². The molecule has 2 aromatic carbocycles. The number of aliphatic hydroxyl groups excluding tert-OH is 1. The molecule has 2 N–H and O–H groups in total. The third-order valence-electron chi connectivity index (χ3n) is 2.95. The average Bonchev–Trinajstić information content (AvgIpc) is 2.46. The lowest BCUT2D eigenvalue weighted by Crippen LogP contribution is -2.29. The number of halogens is 1. The van der Waals surface area contributed by atoms with Crippen LogP contribution in [-0.4, -0.2) is 20.1 Å². The molecule has 4 nitrogen and oxygen atoms in total. The fraction of sp³-hybridized carbons (Fsp3) is 0.200. The number of sulfonamides is 1. The molecule has 2 aromatic rings. The van der Waals surface area contributed by atoms with Crippen LogP contribution in [0.15, 0.2) is 54.6 Å². The summed E-state index contributed by atoms with van der Waals surface area (Å²) in [5.74, 6) is -0.110. The van der Waals surface area contributed by atoms with Gasteiger partial charge in [0.05, 0.1) is 11.9 Å². The Kier molecular flexibility index (Phi) is 5.36. The standard InChI is InChI=1S/C15H16ClNO3S/c16-14-8-6-13(7-9-14)15(18)10-17-21(19,20)11-12-4-2-1-3-5-12/h1-9,15,17-18H,10-11H2/t15-/m1/s1. The number of hydrogen-bond acceptors (Lipinski definition) is 3. The van der Waals surface area contributed by atoms with E-state index in [1.165, 1.54) is 0 Å². The van der Waals surface area contributed by atoms with Gasteiger partial charge in [0.1, 0.15) is 0 Å². The highest BCUT2D eigenvalue weighted by Crippen LogP contribution is 2.16. The van der Waals surface area contributed by atoms with Gasteiger partial charge in [0.2, 0.25) is 10.0 Å². The molecule has 0 unspecified atom stereocenters. The Morgan fingerprint density at radius 2 is 1.67 bits per heavy atom. The zero-order valence-electron chi connectivity index (χ0n) is 11.2. The highest BCUT2D eigenvalue weighted by molar-refractivity contribution is 7.88. The molecular formula is C15H16ClNO3S. The largest absolute Gasteiger partial charge is 0.387 e. The van der Waals surface area contributed by atoms with E-state index in [0.717, 1.165) is 0 Å². The van der Waals surface area contributed by atoms with Crippen molar-refractivity contribution in [3.05, 3.63) is 70.7 Å². The lowest BCUT2D eigenvalue weighted by molar-refractivity contribution is 0.182. The van der Waals surface area contributed by atoms with E-state index in [2.05, 4.69) is 4.72 Å². The van der Waals surface area contributed by atoms with E-state index in [9.17, 15) is 13.5 Å². The third kappa shape index (κ3) is 5.13. The second kappa shape index (κ2) is 7.04. The summed E-state index contributed by atoms with van der Waals surface area (Å²) in [6.07, 6.45) is -0.909. The predicted octanol–water partition coefficient (Wildman–Crippen LogP) is 2.49. The van der Waals surface area contributed by atoms with Crippen LogP contribution < -0.4 is 4.72 Å². The van der Waals surface area contributed by atoms with E-state index < -0.39 is 16.1 Å². The van der Waals surface area contributed by atoms with Crippen molar-refractivity contribution in [1.29, 1.82) is 0 Å². The van der Waals surface area contributed by atoms with E-state index in [1.54, 1.807) is 48.5 Å². The highest BCUT2D eigenvalue weighted by atomic mass is 35.5. The number of aliphatic hydroxyl groups is 1. The van der Waals surface area contributed by atoms with Crippen LogP contribution in [-0.2, 0) is 15.8 Å². The summed E-state index contributed by atoms with van der Waals surface area (Å²) < 4.78 is 26.3. The maximum atomic E-state index is 11.9. The fourth-order valence-electron chi connectivity index (χ4n) is 1.85. The van der Waals surface area contributed by atoms with Gasteiger partial charge in [-0.05, 0) is 23.3 Å². The lowest BCUT2D eigenvalue weighted by atomic mass is 10.1. The molecule has 2 rings (SSSR count). The van der Waals surface area contributed by atoms with Crippen molar-refractivity contribution in [1.82, 2.24) is 4.72 Å². The first kappa shape index (κ1) is 16.0. The van der Waals surface area contributed by atoms with Crippen LogP contribution in [0.1, 0.15) is 17.2 Å². The van der Waals surface area contributed by atoms with Gasteiger partial charge < -0.3 is 5.11 Å². The van der Waals surface area contributed by atoms with Gasteiger partial charge in [-0.2, -0.15) is 0 Å². The SMILES string of the molecule is O=S(=O)(Cc1ccccc1)NC[C@@H](O)c1ccc(Cl)cc1. The van der Waals surface area contributed by atoms with Crippen LogP contribution in [0, 0.1) is 0 Å². The fourth-order valence-corrected chi connectivity index (χ4v) is 3.12. The van der Waals surface area contributed by atoms with Crippen LogP contribution in [0.3, 0.4) is 0 Å². The van der Waals surface area contributed by atoms with Crippen molar-refractivity contribution < 1.29 is 13.5 Å². The van der Waals surface area contributed by atoms with Gasteiger partial charge in [-0.3, -0.25) is 0 Å². The summed E-state index contributed by atoms with van der Waals surface area (Å²) >= 11 is 5.76. The number of hydrogen-bond donors (Lipinski definition) is 2. The smallest absolute Gasteiger partial charge is 0.215 e. The van der Waals surface area contributed by atoms with Crippen molar-refractivity contribution in [3.8, 4) is 0 Å². The summed E-state index contributed by atoms with van der Waals surface area (Å²) in [5, 5.41) is 10.5. The van der Waals surface area contributed by atoms with Crippen molar-refractivity contribution >= 4 is 21.6 Å². The molecule has 0 fully saturated rings. The van der Waals surface area contributed by atoms with Gasteiger partial charge in [-0.1, -0.05) is 54.1 Å². The van der Waals surface area contributed by atoms with E-state index in [1.807, 2.05) is 6.07 Å². The topological polar surface area (TPSA) is 66.4 Å². The van der Waals surface area contributed by atoms with Gasteiger partial charge >= 0.3 is 0 Å². The maximum Gasteiger partial charge on any atom is 0.215 e. The Bertz CT molecular complexity index is 672. The quantitative estimate of drug-likeness (QED) is 0.857. The molecule has 1 atom stereocenters. The minimum atomic E-state index is -3.48. The highest BCUT2D eigenvalue weighted by Gasteiger charge is 2.14. The summed E-state index contributed by atoms with van der Waals surface area (Å²) in [7, 11) is -3.48. The minimum Gasteiger partial charge on any atom is -0.387 e. The molecule has 0 spiro atoms. The van der Waals surface area contributed by atoms with Crippen LogP contribution in [0.2, 0.25) is 5.02 Å². The number of nitrogens with one attached hydrogen (secondary N) is 1. The summed E-state index contributed by atoms with van der Waals surface area (Å²) in [6, 6.07) is 15.5. The summed E-state index contributed by atoms with van der Waals surface area (Å²) in [4.78, 5) is 0.